The van der Waals surface area contributed by atoms with Crippen LogP contribution in [0.15, 0.2) is 29.1 Å². The number of aromatic nitrogens is 2. The molecule has 0 bridgehead atoms. The van der Waals surface area contributed by atoms with Crippen molar-refractivity contribution in [1.29, 1.82) is 0 Å². The van der Waals surface area contributed by atoms with E-state index in [9.17, 15) is 18.8 Å². The van der Waals surface area contributed by atoms with E-state index in [0.717, 1.165) is 19.3 Å². The minimum atomic E-state index is -1.02. The second kappa shape index (κ2) is 7.89. The lowest BCUT2D eigenvalue weighted by Gasteiger charge is -2.39. The summed E-state index contributed by atoms with van der Waals surface area (Å²) in [5, 5.41) is 5.21. The Kier molecular flexibility index (Phi) is 5.27. The molecule has 3 atom stereocenters. The molecule has 158 valence electrons. The van der Waals surface area contributed by atoms with Gasteiger partial charge in [-0.25, -0.2) is 4.39 Å². The number of rotatable bonds is 3. The van der Waals surface area contributed by atoms with Crippen molar-refractivity contribution in [3.63, 3.8) is 0 Å². The van der Waals surface area contributed by atoms with Gasteiger partial charge in [0.05, 0.1) is 11.5 Å². The van der Waals surface area contributed by atoms with E-state index in [2.05, 4.69) is 34.4 Å². The van der Waals surface area contributed by atoms with Crippen molar-refractivity contribution < 1.29 is 14.0 Å². The molecule has 3 N–H and O–H groups in total. The fraction of sp³-hybridized carbons (Fsp3) is 0.429. The van der Waals surface area contributed by atoms with Crippen LogP contribution < -0.4 is 21.1 Å². The molecule has 0 spiro atoms. The molecular weight excluding hydrogens is 389 g/mol. The summed E-state index contributed by atoms with van der Waals surface area (Å²) in [6.07, 6.45) is 2.88. The highest BCUT2D eigenvalue weighted by Gasteiger charge is 2.36. The third kappa shape index (κ3) is 3.79. The molecule has 4 rings (SSSR count). The fourth-order valence-electron chi connectivity index (χ4n) is 4.34. The molecule has 9 heteroatoms. The quantitative estimate of drug-likeness (QED) is 0.717. The first-order valence-corrected chi connectivity index (χ1v) is 10.1. The number of nitrogens with zero attached hydrogens (tertiary/aromatic N) is 2. The average Bonchev–Trinajstić information content (AvgIpc) is 2.67. The molecule has 3 heterocycles. The third-order valence-corrected chi connectivity index (χ3v) is 5.79. The summed E-state index contributed by atoms with van der Waals surface area (Å²) in [7, 11) is 0. The summed E-state index contributed by atoms with van der Waals surface area (Å²) in [5.41, 5.74) is -0.0894. The van der Waals surface area contributed by atoms with Gasteiger partial charge in [-0.3, -0.25) is 19.4 Å². The highest BCUT2D eigenvalue weighted by molar-refractivity contribution is 6.04. The van der Waals surface area contributed by atoms with E-state index >= 15 is 0 Å². The molecule has 8 nitrogen and oxygen atoms in total. The van der Waals surface area contributed by atoms with Crippen molar-refractivity contribution in [2.75, 3.05) is 15.5 Å². The molecule has 1 fully saturated rings. The first-order valence-electron chi connectivity index (χ1n) is 10.1. The Bertz CT molecular complexity index is 1040. The number of amides is 2. The van der Waals surface area contributed by atoms with Gasteiger partial charge in [0.1, 0.15) is 11.6 Å². The Hall–Kier alpha value is -3.23. The normalized spacial score (nSPS) is 23.5. The SMILES string of the molecule is C[C@@H]1CCC[C@H](C)N1c1nc2c(c(=O)[nH]1)[C@@H](C(=O)Nc1cccc(F)c1)CC(=O)N2. The lowest BCUT2D eigenvalue weighted by Crippen LogP contribution is -2.46. The summed E-state index contributed by atoms with van der Waals surface area (Å²) in [4.78, 5) is 47.4. The van der Waals surface area contributed by atoms with Crippen LogP contribution in [-0.2, 0) is 9.59 Å². The Morgan fingerprint density at radius 1 is 1.23 bits per heavy atom. The number of nitrogens with one attached hydrogen (secondary N) is 3. The van der Waals surface area contributed by atoms with E-state index < -0.39 is 29.1 Å². The Morgan fingerprint density at radius 3 is 2.67 bits per heavy atom. The van der Waals surface area contributed by atoms with Gasteiger partial charge in [0.15, 0.2) is 0 Å². The highest BCUT2D eigenvalue weighted by Crippen LogP contribution is 2.32. The topological polar surface area (TPSA) is 107 Å². The summed E-state index contributed by atoms with van der Waals surface area (Å²) >= 11 is 0. The van der Waals surface area contributed by atoms with E-state index in [0.29, 0.717) is 5.95 Å². The second-order valence-electron chi connectivity index (χ2n) is 7.99. The van der Waals surface area contributed by atoms with Gasteiger partial charge >= 0.3 is 0 Å². The highest BCUT2D eigenvalue weighted by atomic mass is 19.1. The largest absolute Gasteiger partial charge is 0.337 e. The number of carbonyl (C=O) groups excluding carboxylic acids is 2. The molecule has 0 saturated carbocycles. The number of anilines is 3. The summed E-state index contributed by atoms with van der Waals surface area (Å²) in [6, 6.07) is 5.83. The molecule has 1 saturated heterocycles. The van der Waals surface area contributed by atoms with E-state index in [1.165, 1.54) is 24.3 Å². The maximum Gasteiger partial charge on any atom is 0.258 e. The van der Waals surface area contributed by atoms with Gasteiger partial charge in [-0.15, -0.1) is 0 Å². The van der Waals surface area contributed by atoms with Crippen molar-refractivity contribution in [2.24, 2.45) is 0 Å². The lowest BCUT2D eigenvalue weighted by atomic mass is 9.92. The zero-order valence-electron chi connectivity index (χ0n) is 16.9. The van der Waals surface area contributed by atoms with Crippen molar-refractivity contribution >= 4 is 29.3 Å². The minimum absolute atomic E-state index is 0.106. The number of benzene rings is 1. The van der Waals surface area contributed by atoms with Crippen molar-refractivity contribution in [1.82, 2.24) is 9.97 Å². The van der Waals surface area contributed by atoms with Crippen LogP contribution in [0.1, 0.15) is 51.0 Å². The predicted molar refractivity (Wildman–Crippen MR) is 111 cm³/mol. The first-order chi connectivity index (χ1) is 14.3. The number of H-pyrrole nitrogens is 1. The maximum absolute atomic E-state index is 13.4. The van der Waals surface area contributed by atoms with Crippen LogP contribution in [0.4, 0.5) is 21.8 Å². The van der Waals surface area contributed by atoms with Crippen LogP contribution in [0.3, 0.4) is 0 Å². The molecule has 1 aromatic carbocycles. The van der Waals surface area contributed by atoms with Gasteiger partial charge in [-0.1, -0.05) is 6.07 Å². The zero-order valence-corrected chi connectivity index (χ0v) is 16.9. The summed E-state index contributed by atoms with van der Waals surface area (Å²) < 4.78 is 13.4. The predicted octanol–water partition coefficient (Wildman–Crippen LogP) is 2.74. The molecule has 2 aromatic rings. The van der Waals surface area contributed by atoms with Gasteiger partial charge in [0.25, 0.3) is 5.56 Å². The molecular formula is C21H24FN5O3. The molecule has 2 amide bonds. The van der Waals surface area contributed by atoms with Crippen LogP contribution in [0.5, 0.6) is 0 Å². The Labute approximate surface area is 172 Å². The van der Waals surface area contributed by atoms with Crippen molar-refractivity contribution in [3.05, 3.63) is 46.0 Å². The molecule has 1 aromatic heterocycles. The van der Waals surface area contributed by atoms with Gasteiger partial charge in [0, 0.05) is 24.2 Å². The molecule has 0 aliphatic carbocycles. The standard InChI is InChI=1S/C21H24FN5O3/c1-11-5-3-6-12(2)27(11)21-25-18-17(20(30)26-21)15(10-16(28)24-18)19(29)23-14-8-4-7-13(22)9-14/h4,7-9,11-12,15H,3,5-6,10H2,1-2H3,(H,23,29)(H2,24,25,26,28,30)/t11-,12+,15-/m0/s1. The number of hydrogen-bond acceptors (Lipinski definition) is 5. The van der Waals surface area contributed by atoms with Gasteiger partial charge in [0.2, 0.25) is 17.8 Å². The zero-order chi connectivity index (χ0) is 21.4. The van der Waals surface area contributed by atoms with Gasteiger partial charge in [-0.2, -0.15) is 4.98 Å². The van der Waals surface area contributed by atoms with Crippen molar-refractivity contribution in [3.8, 4) is 0 Å². The monoisotopic (exact) mass is 413 g/mol. The molecule has 2 aliphatic rings. The number of fused-ring (bicyclic) bond motifs is 1. The van der Waals surface area contributed by atoms with Crippen LogP contribution in [0.25, 0.3) is 0 Å². The number of piperidine rings is 1. The number of carbonyl (C=O) groups is 2. The number of aromatic amines is 1. The van der Waals surface area contributed by atoms with E-state index in [1.54, 1.807) is 0 Å². The second-order valence-corrected chi connectivity index (χ2v) is 7.99. The first kappa shape index (κ1) is 20.1. The Morgan fingerprint density at radius 2 is 1.97 bits per heavy atom. The van der Waals surface area contributed by atoms with Crippen LogP contribution in [0, 0.1) is 5.82 Å². The van der Waals surface area contributed by atoms with Gasteiger partial charge < -0.3 is 15.5 Å². The molecule has 0 radical (unpaired) electrons. The maximum atomic E-state index is 13.4. The Balaban J connectivity index is 1.68. The van der Waals surface area contributed by atoms with Crippen LogP contribution in [0.2, 0.25) is 0 Å². The minimum Gasteiger partial charge on any atom is -0.337 e. The summed E-state index contributed by atoms with van der Waals surface area (Å²) in [5.74, 6) is -1.97. The number of hydrogen-bond donors (Lipinski definition) is 3. The van der Waals surface area contributed by atoms with Gasteiger partial charge in [-0.05, 0) is 51.3 Å². The molecule has 2 aliphatic heterocycles. The van der Waals surface area contributed by atoms with E-state index in [-0.39, 0.29) is 35.6 Å². The van der Waals surface area contributed by atoms with Crippen LogP contribution >= 0.6 is 0 Å². The third-order valence-electron chi connectivity index (χ3n) is 5.79. The molecule has 0 unspecified atom stereocenters. The smallest absolute Gasteiger partial charge is 0.258 e. The van der Waals surface area contributed by atoms with E-state index in [4.69, 9.17) is 0 Å². The van der Waals surface area contributed by atoms with E-state index in [1.807, 2.05) is 4.90 Å². The van der Waals surface area contributed by atoms with Crippen molar-refractivity contribution in [2.45, 2.75) is 57.5 Å². The fourth-order valence-corrected chi connectivity index (χ4v) is 4.34. The lowest BCUT2D eigenvalue weighted by molar-refractivity contribution is -0.123. The molecule has 30 heavy (non-hydrogen) atoms. The average molecular weight is 413 g/mol. The van der Waals surface area contributed by atoms with Crippen LogP contribution in [-0.4, -0.2) is 33.9 Å². The number of halogens is 1. The summed E-state index contributed by atoms with van der Waals surface area (Å²) in [6.45, 7) is 4.14.